The molecule has 5 heteroatoms. The van der Waals surface area contributed by atoms with Crippen molar-refractivity contribution in [3.05, 3.63) is 95.6 Å². The third-order valence-corrected chi connectivity index (χ3v) is 5.52. The van der Waals surface area contributed by atoms with E-state index in [2.05, 4.69) is 6.92 Å². The predicted molar refractivity (Wildman–Crippen MR) is 119 cm³/mol. The van der Waals surface area contributed by atoms with Crippen LogP contribution in [0.25, 0.3) is 0 Å². The summed E-state index contributed by atoms with van der Waals surface area (Å²) < 4.78 is 11.5. The van der Waals surface area contributed by atoms with Crippen LogP contribution in [0.5, 0.6) is 11.5 Å². The van der Waals surface area contributed by atoms with Crippen molar-refractivity contribution in [1.29, 1.82) is 0 Å². The molecular weight excluding hydrogens is 390 g/mol. The summed E-state index contributed by atoms with van der Waals surface area (Å²) in [5.41, 5.74) is 0.249. The van der Waals surface area contributed by atoms with Crippen LogP contribution >= 0.6 is 0 Å². The summed E-state index contributed by atoms with van der Waals surface area (Å²) in [6, 6.07) is 23.9. The van der Waals surface area contributed by atoms with Gasteiger partial charge in [0.25, 0.3) is 5.91 Å². The van der Waals surface area contributed by atoms with Crippen molar-refractivity contribution < 1.29 is 19.4 Å². The highest BCUT2D eigenvalue weighted by Crippen LogP contribution is 2.41. The summed E-state index contributed by atoms with van der Waals surface area (Å²) in [7, 11) is 0. The van der Waals surface area contributed by atoms with Crippen LogP contribution in [0, 0.1) is 0 Å². The van der Waals surface area contributed by atoms with E-state index in [1.807, 2.05) is 66.7 Å². The lowest BCUT2D eigenvalue weighted by atomic mass is 9.94. The molecule has 0 aliphatic carbocycles. The standard InChI is InChI=1S/C26H27NO4/c1-2-3-18-30-21-13-15-22(16-14-21)31-19-17-27-25(28)23-11-7-8-12-24(23)26(27,29)20-9-5-4-6-10-20/h4-16,29H,2-3,17-19H2,1H3/t26-/m0/s1. The van der Waals surface area contributed by atoms with Crippen LogP contribution < -0.4 is 9.47 Å². The number of amides is 1. The van der Waals surface area contributed by atoms with Crippen LogP contribution in [0.2, 0.25) is 0 Å². The Morgan fingerprint density at radius 2 is 1.45 bits per heavy atom. The average molecular weight is 418 g/mol. The highest BCUT2D eigenvalue weighted by molar-refractivity contribution is 6.00. The van der Waals surface area contributed by atoms with Crippen molar-refractivity contribution in [3.63, 3.8) is 0 Å². The molecule has 0 unspecified atom stereocenters. The molecule has 0 bridgehead atoms. The predicted octanol–water partition coefficient (Wildman–Crippen LogP) is 4.59. The van der Waals surface area contributed by atoms with Gasteiger partial charge in [-0.25, -0.2) is 0 Å². The second kappa shape index (κ2) is 9.23. The van der Waals surface area contributed by atoms with Gasteiger partial charge in [-0.15, -0.1) is 0 Å². The fourth-order valence-electron chi connectivity index (χ4n) is 3.88. The molecule has 0 fully saturated rings. The fourth-order valence-corrected chi connectivity index (χ4v) is 3.88. The van der Waals surface area contributed by atoms with Gasteiger partial charge < -0.3 is 14.6 Å². The molecular formula is C26H27NO4. The lowest BCUT2D eigenvalue weighted by molar-refractivity contribution is -0.0538. The van der Waals surface area contributed by atoms with Gasteiger partial charge >= 0.3 is 0 Å². The monoisotopic (exact) mass is 417 g/mol. The van der Waals surface area contributed by atoms with Crippen LogP contribution in [0.15, 0.2) is 78.9 Å². The van der Waals surface area contributed by atoms with Crippen LogP contribution in [0.1, 0.15) is 41.3 Å². The highest BCUT2D eigenvalue weighted by Gasteiger charge is 2.49. The van der Waals surface area contributed by atoms with E-state index in [0.717, 1.165) is 18.6 Å². The lowest BCUT2D eigenvalue weighted by Crippen LogP contribution is -2.46. The van der Waals surface area contributed by atoms with Gasteiger partial charge in [-0.1, -0.05) is 61.9 Å². The first-order chi connectivity index (χ1) is 15.1. The normalized spacial score (nSPS) is 17.5. The molecule has 1 aliphatic rings. The lowest BCUT2D eigenvalue weighted by Gasteiger charge is -2.34. The number of unbranched alkanes of at least 4 members (excludes halogenated alkanes) is 1. The summed E-state index contributed by atoms with van der Waals surface area (Å²) in [6.45, 7) is 3.33. The molecule has 1 heterocycles. The Morgan fingerprint density at radius 1 is 0.839 bits per heavy atom. The molecule has 3 aromatic rings. The zero-order valence-corrected chi connectivity index (χ0v) is 17.7. The maximum atomic E-state index is 13.1. The summed E-state index contributed by atoms with van der Waals surface area (Å²) in [4.78, 5) is 14.6. The molecule has 1 N–H and O–H groups in total. The molecule has 1 atom stereocenters. The summed E-state index contributed by atoms with van der Waals surface area (Å²) in [6.07, 6.45) is 2.12. The van der Waals surface area contributed by atoms with Crippen LogP contribution in [0.4, 0.5) is 0 Å². The number of rotatable bonds is 9. The third kappa shape index (κ3) is 4.14. The number of carbonyl (C=O) groups is 1. The smallest absolute Gasteiger partial charge is 0.257 e. The number of hydrogen-bond acceptors (Lipinski definition) is 4. The molecule has 4 rings (SSSR count). The molecule has 160 valence electrons. The first-order valence-corrected chi connectivity index (χ1v) is 10.7. The van der Waals surface area contributed by atoms with E-state index in [9.17, 15) is 9.90 Å². The maximum Gasteiger partial charge on any atom is 0.257 e. The van der Waals surface area contributed by atoms with Crippen LogP contribution in [-0.4, -0.2) is 35.7 Å². The maximum absolute atomic E-state index is 13.1. The Morgan fingerprint density at radius 3 is 2.13 bits per heavy atom. The number of fused-ring (bicyclic) bond motifs is 1. The molecule has 0 saturated carbocycles. The Labute approximate surface area is 182 Å². The van der Waals surface area contributed by atoms with Gasteiger partial charge in [0.1, 0.15) is 18.1 Å². The second-order valence-corrected chi connectivity index (χ2v) is 7.56. The minimum Gasteiger partial charge on any atom is -0.494 e. The quantitative estimate of drug-likeness (QED) is 0.517. The zero-order valence-electron chi connectivity index (χ0n) is 17.7. The van der Waals surface area contributed by atoms with Crippen molar-refractivity contribution in [2.75, 3.05) is 19.8 Å². The van der Waals surface area contributed by atoms with Crippen molar-refractivity contribution in [1.82, 2.24) is 4.90 Å². The van der Waals surface area contributed by atoms with Crippen LogP contribution in [0.3, 0.4) is 0 Å². The van der Waals surface area contributed by atoms with E-state index < -0.39 is 5.72 Å². The van der Waals surface area contributed by atoms with E-state index in [0.29, 0.717) is 29.0 Å². The number of ether oxygens (including phenoxy) is 2. The average Bonchev–Trinajstić information content (AvgIpc) is 3.04. The molecule has 5 nitrogen and oxygen atoms in total. The van der Waals surface area contributed by atoms with Gasteiger partial charge in [-0.3, -0.25) is 9.69 Å². The molecule has 31 heavy (non-hydrogen) atoms. The fraction of sp³-hybridized carbons (Fsp3) is 0.269. The molecule has 0 radical (unpaired) electrons. The van der Waals surface area contributed by atoms with Gasteiger partial charge in [-0.05, 0) is 36.8 Å². The van der Waals surface area contributed by atoms with E-state index in [4.69, 9.17) is 9.47 Å². The first kappa shape index (κ1) is 20.9. The Bertz CT molecular complexity index is 1020. The summed E-state index contributed by atoms with van der Waals surface area (Å²) >= 11 is 0. The van der Waals surface area contributed by atoms with Crippen molar-refractivity contribution in [3.8, 4) is 11.5 Å². The van der Waals surface area contributed by atoms with Gasteiger partial charge in [0.05, 0.1) is 13.2 Å². The van der Waals surface area contributed by atoms with Gasteiger partial charge in [-0.2, -0.15) is 0 Å². The number of hydrogen-bond donors (Lipinski definition) is 1. The van der Waals surface area contributed by atoms with E-state index >= 15 is 0 Å². The Kier molecular flexibility index (Phi) is 6.23. The largest absolute Gasteiger partial charge is 0.494 e. The number of nitrogens with zero attached hydrogens (tertiary/aromatic N) is 1. The molecule has 0 aromatic heterocycles. The minimum absolute atomic E-state index is 0.203. The van der Waals surface area contributed by atoms with Crippen LogP contribution in [-0.2, 0) is 5.72 Å². The summed E-state index contributed by atoms with van der Waals surface area (Å²) in [5.74, 6) is 1.30. The second-order valence-electron chi connectivity index (χ2n) is 7.56. The minimum atomic E-state index is -1.52. The van der Waals surface area contributed by atoms with Crippen molar-refractivity contribution in [2.45, 2.75) is 25.5 Å². The van der Waals surface area contributed by atoms with Crippen molar-refractivity contribution in [2.24, 2.45) is 0 Å². The topological polar surface area (TPSA) is 59.0 Å². The highest BCUT2D eigenvalue weighted by atomic mass is 16.5. The molecule has 0 spiro atoms. The SMILES string of the molecule is CCCCOc1ccc(OCCN2C(=O)c3ccccc3[C@@]2(O)c2ccccc2)cc1. The molecule has 0 saturated heterocycles. The molecule has 3 aromatic carbocycles. The van der Waals surface area contributed by atoms with E-state index in [-0.39, 0.29) is 19.1 Å². The van der Waals surface area contributed by atoms with Gasteiger partial charge in [0.2, 0.25) is 0 Å². The number of benzene rings is 3. The Balaban J connectivity index is 1.47. The number of aliphatic hydroxyl groups is 1. The number of carbonyl (C=O) groups excluding carboxylic acids is 1. The summed E-state index contributed by atoms with van der Waals surface area (Å²) in [5, 5.41) is 11.7. The molecule has 1 aliphatic heterocycles. The molecule has 1 amide bonds. The zero-order chi connectivity index (χ0) is 21.7. The Hall–Kier alpha value is -3.31. The van der Waals surface area contributed by atoms with Crippen molar-refractivity contribution >= 4 is 5.91 Å². The van der Waals surface area contributed by atoms with Gasteiger partial charge in [0.15, 0.2) is 5.72 Å². The van der Waals surface area contributed by atoms with E-state index in [1.165, 1.54) is 4.90 Å². The third-order valence-electron chi connectivity index (χ3n) is 5.52. The first-order valence-electron chi connectivity index (χ1n) is 10.7. The van der Waals surface area contributed by atoms with Gasteiger partial charge in [0, 0.05) is 16.7 Å². The van der Waals surface area contributed by atoms with E-state index in [1.54, 1.807) is 12.1 Å².